The van der Waals surface area contributed by atoms with Crippen molar-refractivity contribution in [1.82, 2.24) is 0 Å². The Morgan fingerprint density at radius 1 is 0.357 bits per heavy atom. The van der Waals surface area contributed by atoms with Crippen LogP contribution in [-0.2, 0) is 28.6 Å². The first kappa shape index (κ1) is 54.4. The maximum Gasteiger partial charge on any atom is 0.306 e. The molecule has 3 atom stereocenters. The minimum absolute atomic E-state index is 0.0657. The first-order chi connectivity index (χ1) is 27.2. The molecule has 0 fully saturated rings. The van der Waals surface area contributed by atoms with E-state index in [9.17, 15) is 14.4 Å². The van der Waals surface area contributed by atoms with Gasteiger partial charge in [-0.15, -0.1) is 0 Å². The lowest BCUT2D eigenvalue weighted by molar-refractivity contribution is -0.167. The molecule has 0 amide bonds. The van der Waals surface area contributed by atoms with Crippen molar-refractivity contribution < 1.29 is 28.6 Å². The summed E-state index contributed by atoms with van der Waals surface area (Å²) in [7, 11) is 0. The van der Waals surface area contributed by atoms with Crippen LogP contribution in [0.2, 0.25) is 0 Å². The molecule has 0 aromatic carbocycles. The number of esters is 3. The zero-order valence-electron chi connectivity index (χ0n) is 38.4. The van der Waals surface area contributed by atoms with E-state index in [2.05, 4.69) is 41.5 Å². The maximum atomic E-state index is 12.7. The largest absolute Gasteiger partial charge is 0.462 e. The first-order valence-corrected chi connectivity index (χ1v) is 24.7. The van der Waals surface area contributed by atoms with Crippen LogP contribution >= 0.6 is 0 Å². The van der Waals surface area contributed by atoms with Crippen LogP contribution in [0.1, 0.15) is 266 Å². The van der Waals surface area contributed by atoms with E-state index in [-0.39, 0.29) is 31.1 Å². The normalized spacial score (nSPS) is 13.1. The summed E-state index contributed by atoms with van der Waals surface area (Å²) in [5.74, 6) is 1.66. The highest BCUT2D eigenvalue weighted by atomic mass is 16.6. The molecular formula is C50H96O6. The minimum Gasteiger partial charge on any atom is -0.462 e. The highest BCUT2D eigenvalue weighted by Gasteiger charge is 2.19. The molecule has 0 bridgehead atoms. The molecule has 0 aliphatic rings. The predicted molar refractivity (Wildman–Crippen MR) is 238 cm³/mol. The fourth-order valence-electron chi connectivity index (χ4n) is 7.34. The van der Waals surface area contributed by atoms with Crippen molar-refractivity contribution in [1.29, 1.82) is 0 Å². The third-order valence-electron chi connectivity index (χ3n) is 11.9. The van der Waals surface area contributed by atoms with Gasteiger partial charge in [0.25, 0.3) is 0 Å². The lowest BCUT2D eigenvalue weighted by atomic mass is 9.99. The molecule has 6 nitrogen and oxygen atoms in total. The third kappa shape index (κ3) is 40.6. The number of unbranched alkanes of at least 4 members (excludes halogenated alkanes) is 24. The van der Waals surface area contributed by atoms with Crippen molar-refractivity contribution in [2.45, 2.75) is 272 Å². The fraction of sp³-hybridized carbons (Fsp3) is 0.940. The van der Waals surface area contributed by atoms with Gasteiger partial charge in [0.2, 0.25) is 0 Å². The lowest BCUT2D eigenvalue weighted by Crippen LogP contribution is -2.30. The van der Waals surface area contributed by atoms with Crippen molar-refractivity contribution in [3.63, 3.8) is 0 Å². The average molecular weight is 793 g/mol. The van der Waals surface area contributed by atoms with Gasteiger partial charge in [-0.3, -0.25) is 14.4 Å². The van der Waals surface area contributed by atoms with Gasteiger partial charge in [0.05, 0.1) is 0 Å². The molecule has 0 aromatic heterocycles. The molecule has 0 saturated carbocycles. The second kappa shape index (κ2) is 41.6. The molecule has 0 aliphatic carbocycles. The van der Waals surface area contributed by atoms with Crippen LogP contribution in [0.15, 0.2) is 0 Å². The van der Waals surface area contributed by atoms with E-state index in [1.54, 1.807) is 0 Å². The Hall–Kier alpha value is -1.59. The molecule has 0 rings (SSSR count). The van der Waals surface area contributed by atoms with Gasteiger partial charge >= 0.3 is 17.9 Å². The zero-order valence-corrected chi connectivity index (χ0v) is 38.4. The molecule has 0 saturated heterocycles. The first-order valence-electron chi connectivity index (χ1n) is 24.7. The Morgan fingerprint density at radius 2 is 0.625 bits per heavy atom. The highest BCUT2D eigenvalue weighted by Crippen LogP contribution is 2.18. The van der Waals surface area contributed by atoms with E-state index in [0.717, 1.165) is 75.5 Å². The number of carbonyl (C=O) groups is 3. The van der Waals surface area contributed by atoms with Crippen molar-refractivity contribution in [2.75, 3.05) is 13.2 Å². The smallest absolute Gasteiger partial charge is 0.306 e. The van der Waals surface area contributed by atoms with Gasteiger partial charge in [0.1, 0.15) is 13.2 Å². The molecule has 0 radical (unpaired) electrons. The van der Waals surface area contributed by atoms with Crippen LogP contribution in [0.5, 0.6) is 0 Å². The predicted octanol–water partition coefficient (Wildman–Crippen LogP) is 15.6. The van der Waals surface area contributed by atoms with Crippen LogP contribution in [0, 0.1) is 17.8 Å². The standard InChI is InChI=1S/C50H96O6/c1-7-45(5)37-31-25-19-13-9-10-14-21-27-33-39-48(51)54-42-47(56-50(53)41-35-29-23-15-11-12-18-24-30-36-44(3)4)43-55-49(52)40-34-28-22-17-16-20-26-32-38-46(6)8-2/h44-47H,7-43H2,1-6H3/t45?,46?,47-/m0/s1. The zero-order chi connectivity index (χ0) is 41.3. The summed E-state index contributed by atoms with van der Waals surface area (Å²) in [5, 5.41) is 0. The van der Waals surface area contributed by atoms with Crippen molar-refractivity contribution in [3.05, 3.63) is 0 Å². The van der Waals surface area contributed by atoms with Crippen LogP contribution < -0.4 is 0 Å². The third-order valence-corrected chi connectivity index (χ3v) is 11.9. The molecule has 0 aromatic rings. The van der Waals surface area contributed by atoms with Gasteiger partial charge in [0, 0.05) is 19.3 Å². The Balaban J connectivity index is 4.35. The Morgan fingerprint density at radius 3 is 0.929 bits per heavy atom. The van der Waals surface area contributed by atoms with Crippen molar-refractivity contribution in [3.8, 4) is 0 Å². The summed E-state index contributed by atoms with van der Waals surface area (Å²) < 4.78 is 16.8. The molecular weight excluding hydrogens is 697 g/mol. The van der Waals surface area contributed by atoms with Gasteiger partial charge in [-0.25, -0.2) is 0 Å². The summed E-state index contributed by atoms with van der Waals surface area (Å²) in [5.41, 5.74) is 0. The average Bonchev–Trinajstić information content (AvgIpc) is 3.18. The molecule has 0 N–H and O–H groups in total. The van der Waals surface area contributed by atoms with Crippen LogP contribution in [0.25, 0.3) is 0 Å². The van der Waals surface area contributed by atoms with Gasteiger partial charge in [-0.05, 0) is 37.0 Å². The summed E-state index contributed by atoms with van der Waals surface area (Å²) in [4.78, 5) is 37.8. The van der Waals surface area contributed by atoms with E-state index in [4.69, 9.17) is 14.2 Å². The second-order valence-corrected chi connectivity index (χ2v) is 18.1. The fourth-order valence-corrected chi connectivity index (χ4v) is 7.34. The van der Waals surface area contributed by atoms with E-state index >= 15 is 0 Å². The van der Waals surface area contributed by atoms with Crippen LogP contribution in [0.4, 0.5) is 0 Å². The Kier molecular flexibility index (Phi) is 40.4. The van der Waals surface area contributed by atoms with Crippen LogP contribution in [0.3, 0.4) is 0 Å². The topological polar surface area (TPSA) is 78.9 Å². The van der Waals surface area contributed by atoms with E-state index in [1.807, 2.05) is 0 Å². The summed E-state index contributed by atoms with van der Waals surface area (Å²) in [6.07, 6.45) is 39.3. The Labute approximate surface area is 348 Å². The molecule has 332 valence electrons. The molecule has 0 heterocycles. The van der Waals surface area contributed by atoms with Gasteiger partial charge in [-0.1, -0.05) is 228 Å². The summed E-state index contributed by atoms with van der Waals surface area (Å²) in [6, 6.07) is 0. The molecule has 56 heavy (non-hydrogen) atoms. The van der Waals surface area contributed by atoms with Gasteiger partial charge in [0.15, 0.2) is 6.10 Å². The van der Waals surface area contributed by atoms with E-state index in [1.165, 1.54) is 148 Å². The molecule has 0 spiro atoms. The Bertz CT molecular complexity index is 872. The maximum absolute atomic E-state index is 12.7. The van der Waals surface area contributed by atoms with Gasteiger partial charge < -0.3 is 14.2 Å². The quantitative estimate of drug-likeness (QED) is 0.0348. The summed E-state index contributed by atoms with van der Waals surface area (Å²) in [6.45, 7) is 13.7. The number of hydrogen-bond acceptors (Lipinski definition) is 6. The molecule has 2 unspecified atom stereocenters. The SMILES string of the molecule is CCC(C)CCCCCCCCCCCCC(=O)OC[C@@H](COC(=O)CCCCCCCCCCC(C)CC)OC(=O)CCCCCCCCCCCC(C)C. The van der Waals surface area contributed by atoms with Crippen molar-refractivity contribution in [2.24, 2.45) is 17.8 Å². The van der Waals surface area contributed by atoms with E-state index < -0.39 is 6.10 Å². The lowest BCUT2D eigenvalue weighted by Gasteiger charge is -2.18. The number of carbonyl (C=O) groups excluding carboxylic acids is 3. The number of hydrogen-bond donors (Lipinski definition) is 0. The number of ether oxygens (including phenoxy) is 3. The molecule has 0 aliphatic heterocycles. The van der Waals surface area contributed by atoms with Crippen molar-refractivity contribution >= 4 is 17.9 Å². The van der Waals surface area contributed by atoms with Crippen LogP contribution in [-0.4, -0.2) is 37.2 Å². The highest BCUT2D eigenvalue weighted by molar-refractivity contribution is 5.71. The van der Waals surface area contributed by atoms with Gasteiger partial charge in [-0.2, -0.15) is 0 Å². The van der Waals surface area contributed by atoms with E-state index in [0.29, 0.717) is 19.3 Å². The monoisotopic (exact) mass is 793 g/mol. The summed E-state index contributed by atoms with van der Waals surface area (Å²) >= 11 is 0. The number of rotatable bonds is 43. The second-order valence-electron chi connectivity index (χ2n) is 18.1. The minimum atomic E-state index is -0.763. The molecule has 6 heteroatoms.